The van der Waals surface area contributed by atoms with Crippen molar-refractivity contribution in [1.82, 2.24) is 10.0 Å². The summed E-state index contributed by atoms with van der Waals surface area (Å²) in [5.74, 6) is -0.274. The highest BCUT2D eigenvalue weighted by Crippen LogP contribution is 2.18. The number of pyridine rings is 1. The van der Waals surface area contributed by atoms with E-state index in [0.717, 1.165) is 10.6 Å². The van der Waals surface area contributed by atoms with Gasteiger partial charge in [-0.25, -0.2) is 10.0 Å². The number of nitrogen functional groups attached to an aromatic ring is 1. The normalized spacial score (nSPS) is 10.4. The number of hydroxylamine groups is 2. The van der Waals surface area contributed by atoms with Gasteiger partial charge in [0.1, 0.15) is 11.8 Å². The van der Waals surface area contributed by atoms with Crippen molar-refractivity contribution in [2.45, 2.75) is 13.2 Å². The Balaban J connectivity index is 1.58. The number of nitrogens with zero attached hydrogens (tertiary/aromatic N) is 2. The Morgan fingerprint density at radius 2 is 1.90 bits per heavy atom. The molecule has 0 bridgehead atoms. The van der Waals surface area contributed by atoms with Gasteiger partial charge in [0, 0.05) is 17.3 Å². The van der Waals surface area contributed by atoms with Crippen LogP contribution in [0.4, 0.5) is 11.4 Å². The highest BCUT2D eigenvalue weighted by molar-refractivity contribution is 6.30. The van der Waals surface area contributed by atoms with Crippen LogP contribution >= 0.6 is 11.6 Å². The number of halogens is 1. The standard InChI is InChI=1S/C21H19ClN4O3/c22-20-17(4-3-11-24-20)13-29-26(14-27)12-15-7-9-16(10-8-15)21(28)25-19-6-2-1-5-18(19)23/h1-11,14H,12-13,23H2,(H,25,28). The van der Waals surface area contributed by atoms with E-state index in [4.69, 9.17) is 22.2 Å². The quantitative estimate of drug-likeness (QED) is 0.255. The topological polar surface area (TPSA) is 97.6 Å². The number of nitrogens with one attached hydrogen (secondary N) is 1. The first-order valence-electron chi connectivity index (χ1n) is 8.76. The van der Waals surface area contributed by atoms with Crippen molar-refractivity contribution in [3.8, 4) is 0 Å². The van der Waals surface area contributed by atoms with E-state index in [1.807, 2.05) is 0 Å². The highest BCUT2D eigenvalue weighted by Gasteiger charge is 2.10. The lowest BCUT2D eigenvalue weighted by Crippen LogP contribution is -2.22. The number of rotatable bonds is 8. The third-order valence-electron chi connectivity index (χ3n) is 4.10. The number of nitrogens with two attached hydrogens (primary N) is 1. The van der Waals surface area contributed by atoms with Crippen LogP contribution in [-0.2, 0) is 22.8 Å². The van der Waals surface area contributed by atoms with Gasteiger partial charge in [0.05, 0.1) is 17.9 Å². The molecular weight excluding hydrogens is 392 g/mol. The Morgan fingerprint density at radius 3 is 2.59 bits per heavy atom. The minimum atomic E-state index is -0.274. The van der Waals surface area contributed by atoms with Crippen molar-refractivity contribution in [2.75, 3.05) is 11.1 Å². The monoisotopic (exact) mass is 410 g/mol. The Bertz CT molecular complexity index is 995. The molecule has 0 saturated carbocycles. The number of amides is 2. The van der Waals surface area contributed by atoms with Gasteiger partial charge in [-0.05, 0) is 35.9 Å². The fourth-order valence-electron chi connectivity index (χ4n) is 2.54. The van der Waals surface area contributed by atoms with Gasteiger partial charge in [-0.1, -0.05) is 41.9 Å². The van der Waals surface area contributed by atoms with Crippen molar-refractivity contribution < 1.29 is 14.4 Å². The second kappa shape index (κ2) is 9.68. The molecule has 0 aliphatic rings. The minimum Gasteiger partial charge on any atom is -0.397 e. The average molecular weight is 411 g/mol. The number of anilines is 2. The maximum atomic E-state index is 12.4. The molecule has 0 fully saturated rings. The van der Waals surface area contributed by atoms with E-state index >= 15 is 0 Å². The molecule has 2 aromatic carbocycles. The van der Waals surface area contributed by atoms with Gasteiger partial charge in [-0.3, -0.25) is 14.4 Å². The minimum absolute atomic E-state index is 0.115. The van der Waals surface area contributed by atoms with Crippen LogP contribution in [0.3, 0.4) is 0 Å². The molecule has 148 valence electrons. The fourth-order valence-corrected chi connectivity index (χ4v) is 2.71. The lowest BCUT2D eigenvalue weighted by atomic mass is 10.1. The number of carbonyl (C=O) groups is 2. The molecule has 7 nitrogen and oxygen atoms in total. The summed E-state index contributed by atoms with van der Waals surface area (Å²) >= 11 is 5.98. The van der Waals surface area contributed by atoms with Crippen LogP contribution in [0.5, 0.6) is 0 Å². The molecule has 8 heteroatoms. The van der Waals surface area contributed by atoms with E-state index in [-0.39, 0.29) is 19.1 Å². The molecule has 0 radical (unpaired) electrons. The van der Waals surface area contributed by atoms with Gasteiger partial charge >= 0.3 is 0 Å². The molecule has 0 saturated heterocycles. The summed E-state index contributed by atoms with van der Waals surface area (Å²) in [5.41, 5.74) is 8.83. The maximum Gasteiger partial charge on any atom is 0.255 e. The summed E-state index contributed by atoms with van der Waals surface area (Å²) < 4.78 is 0. The van der Waals surface area contributed by atoms with E-state index in [9.17, 15) is 9.59 Å². The molecule has 2 amide bonds. The summed E-state index contributed by atoms with van der Waals surface area (Å²) in [4.78, 5) is 33.1. The van der Waals surface area contributed by atoms with Gasteiger partial charge in [0.2, 0.25) is 6.41 Å². The van der Waals surface area contributed by atoms with E-state index in [1.165, 1.54) is 0 Å². The zero-order valence-corrected chi connectivity index (χ0v) is 16.2. The molecular formula is C21H19ClN4O3. The summed E-state index contributed by atoms with van der Waals surface area (Å²) in [6, 6.07) is 17.4. The van der Waals surface area contributed by atoms with E-state index < -0.39 is 0 Å². The van der Waals surface area contributed by atoms with Crippen molar-refractivity contribution in [1.29, 1.82) is 0 Å². The van der Waals surface area contributed by atoms with Crippen molar-refractivity contribution in [2.24, 2.45) is 0 Å². The summed E-state index contributed by atoms with van der Waals surface area (Å²) in [7, 11) is 0. The van der Waals surface area contributed by atoms with Crippen LogP contribution in [0, 0.1) is 0 Å². The molecule has 1 heterocycles. The van der Waals surface area contributed by atoms with Gasteiger partial charge < -0.3 is 11.1 Å². The number of aromatic nitrogens is 1. The van der Waals surface area contributed by atoms with Crippen molar-refractivity contribution in [3.63, 3.8) is 0 Å². The maximum absolute atomic E-state index is 12.4. The molecule has 3 aromatic rings. The Hall–Kier alpha value is -3.42. The Kier molecular flexibility index (Phi) is 6.78. The average Bonchev–Trinajstić information content (AvgIpc) is 2.74. The van der Waals surface area contributed by atoms with Gasteiger partial charge in [-0.2, -0.15) is 0 Å². The van der Waals surface area contributed by atoms with Crippen LogP contribution in [0.15, 0.2) is 66.9 Å². The first-order valence-corrected chi connectivity index (χ1v) is 9.13. The van der Waals surface area contributed by atoms with Crippen molar-refractivity contribution in [3.05, 3.63) is 88.7 Å². The molecule has 3 N–H and O–H groups in total. The number of benzene rings is 2. The van der Waals surface area contributed by atoms with Crippen LogP contribution in [0.1, 0.15) is 21.5 Å². The Morgan fingerprint density at radius 1 is 1.14 bits per heavy atom. The first kappa shape index (κ1) is 20.3. The third kappa shape index (κ3) is 5.54. The second-order valence-corrected chi connectivity index (χ2v) is 6.50. The molecule has 1 aromatic heterocycles. The van der Waals surface area contributed by atoms with Crippen LogP contribution in [0.2, 0.25) is 5.15 Å². The lowest BCUT2D eigenvalue weighted by Gasteiger charge is -2.17. The molecule has 29 heavy (non-hydrogen) atoms. The molecule has 0 aliphatic carbocycles. The fraction of sp³-hybridized carbons (Fsp3) is 0.0952. The Labute approximate surface area is 173 Å². The zero-order chi connectivity index (χ0) is 20.6. The highest BCUT2D eigenvalue weighted by atomic mass is 35.5. The van der Waals surface area contributed by atoms with E-state index in [1.54, 1.807) is 66.9 Å². The summed E-state index contributed by atoms with van der Waals surface area (Å²) in [6.45, 7) is 0.333. The van der Waals surface area contributed by atoms with Crippen LogP contribution in [0.25, 0.3) is 0 Å². The summed E-state index contributed by atoms with van der Waals surface area (Å²) in [6.07, 6.45) is 2.16. The number of carbonyl (C=O) groups excluding carboxylic acids is 2. The van der Waals surface area contributed by atoms with Crippen molar-refractivity contribution >= 4 is 35.3 Å². The summed E-state index contributed by atoms with van der Waals surface area (Å²) in [5, 5.41) is 4.25. The van der Waals surface area contributed by atoms with Gasteiger partial charge in [-0.15, -0.1) is 0 Å². The molecule has 3 rings (SSSR count). The smallest absolute Gasteiger partial charge is 0.255 e. The number of hydrogen-bond donors (Lipinski definition) is 2. The van der Waals surface area contributed by atoms with E-state index in [2.05, 4.69) is 10.3 Å². The van der Waals surface area contributed by atoms with Gasteiger partial charge in [0.25, 0.3) is 5.91 Å². The van der Waals surface area contributed by atoms with Crippen LogP contribution in [-0.4, -0.2) is 22.4 Å². The number of hydrogen-bond acceptors (Lipinski definition) is 5. The lowest BCUT2D eigenvalue weighted by molar-refractivity contribution is -0.181. The number of para-hydroxylation sites is 2. The molecule has 0 aliphatic heterocycles. The first-order chi connectivity index (χ1) is 14.1. The van der Waals surface area contributed by atoms with E-state index in [0.29, 0.717) is 34.1 Å². The predicted molar refractivity (Wildman–Crippen MR) is 111 cm³/mol. The zero-order valence-electron chi connectivity index (χ0n) is 15.4. The SMILES string of the molecule is Nc1ccccc1NC(=O)c1ccc(CN(C=O)OCc2cccnc2Cl)cc1. The molecule has 0 unspecified atom stereocenters. The van der Waals surface area contributed by atoms with Gasteiger partial charge in [0.15, 0.2) is 0 Å². The molecule has 0 spiro atoms. The largest absolute Gasteiger partial charge is 0.397 e. The third-order valence-corrected chi connectivity index (χ3v) is 4.44. The molecule has 0 atom stereocenters. The predicted octanol–water partition coefficient (Wildman–Crippen LogP) is 3.66. The second-order valence-electron chi connectivity index (χ2n) is 6.15. The van der Waals surface area contributed by atoms with Crippen LogP contribution < -0.4 is 11.1 Å².